The van der Waals surface area contributed by atoms with Gasteiger partial charge in [0.05, 0.1) is 0 Å². The first kappa shape index (κ1) is 27.3. The Bertz CT molecular complexity index is 1240. The first-order valence-corrected chi connectivity index (χ1v) is 13.2. The van der Waals surface area contributed by atoms with Gasteiger partial charge in [0.15, 0.2) is 0 Å². The lowest BCUT2D eigenvalue weighted by molar-refractivity contribution is 0.0746. The van der Waals surface area contributed by atoms with Crippen LogP contribution in [0.5, 0.6) is 0 Å². The van der Waals surface area contributed by atoms with Crippen molar-refractivity contribution < 1.29 is 19.1 Å². The molecule has 0 saturated carbocycles. The average molecular weight is 520 g/mol. The summed E-state index contributed by atoms with van der Waals surface area (Å²) in [4.78, 5) is 28.3. The lowest BCUT2D eigenvalue weighted by Crippen LogP contribution is -2.48. The Morgan fingerprint density at radius 1 is 1.05 bits per heavy atom. The maximum atomic E-state index is 12.6. The van der Waals surface area contributed by atoms with E-state index >= 15 is 0 Å². The van der Waals surface area contributed by atoms with Crippen LogP contribution < -0.4 is 10.2 Å². The summed E-state index contributed by atoms with van der Waals surface area (Å²) in [7, 11) is 0. The second-order valence-corrected chi connectivity index (χ2v) is 10.9. The molecule has 1 aliphatic heterocycles. The van der Waals surface area contributed by atoms with Crippen LogP contribution >= 0.6 is 0 Å². The van der Waals surface area contributed by atoms with Gasteiger partial charge < -0.3 is 14.8 Å². The number of rotatable bonds is 8. The molecular weight excluding hydrogens is 482 g/mol. The van der Waals surface area contributed by atoms with E-state index in [2.05, 4.69) is 41.2 Å². The topological polar surface area (TPSA) is 112 Å². The molecule has 1 aromatic heterocycles. The zero-order valence-electron chi connectivity index (χ0n) is 22.6. The largest absolute Gasteiger partial charge is 0.465 e. The second kappa shape index (κ2) is 11.8. The lowest BCUT2D eigenvalue weighted by Gasteiger charge is -2.42. The molecule has 0 bridgehead atoms. The maximum absolute atomic E-state index is 12.6. The Morgan fingerprint density at radius 3 is 2.37 bits per heavy atom. The van der Waals surface area contributed by atoms with Crippen LogP contribution in [0.2, 0.25) is 0 Å². The van der Waals surface area contributed by atoms with Crippen LogP contribution in [0.3, 0.4) is 0 Å². The molecule has 3 aromatic rings. The van der Waals surface area contributed by atoms with Crippen molar-refractivity contribution in [2.75, 3.05) is 29.9 Å². The normalized spacial score (nSPS) is 15.2. The van der Waals surface area contributed by atoms with Crippen molar-refractivity contribution in [1.82, 2.24) is 15.1 Å². The number of amides is 2. The van der Waals surface area contributed by atoms with E-state index in [-0.39, 0.29) is 35.8 Å². The van der Waals surface area contributed by atoms with Gasteiger partial charge in [-0.1, -0.05) is 50.5 Å². The summed E-state index contributed by atoms with van der Waals surface area (Å²) in [6.45, 7) is 10.9. The number of anilines is 2. The third-order valence-electron chi connectivity index (χ3n) is 7.11. The fourth-order valence-electron chi connectivity index (χ4n) is 5.08. The summed E-state index contributed by atoms with van der Waals surface area (Å²) in [6, 6.07) is 14.6. The monoisotopic (exact) mass is 519 g/mol. The van der Waals surface area contributed by atoms with Crippen LogP contribution in [-0.2, 0) is 0 Å². The van der Waals surface area contributed by atoms with Gasteiger partial charge in [0.1, 0.15) is 0 Å². The number of carboxylic acid groups (broad SMARTS) is 1. The van der Waals surface area contributed by atoms with Crippen molar-refractivity contribution in [3.05, 3.63) is 59.7 Å². The van der Waals surface area contributed by atoms with Gasteiger partial charge in [-0.3, -0.25) is 9.69 Å². The molecule has 2 heterocycles. The Balaban J connectivity index is 1.43. The van der Waals surface area contributed by atoms with Crippen molar-refractivity contribution in [2.24, 2.45) is 5.41 Å². The minimum Gasteiger partial charge on any atom is -0.465 e. The molecule has 1 aliphatic rings. The third-order valence-corrected chi connectivity index (χ3v) is 7.11. The zero-order valence-corrected chi connectivity index (χ0v) is 22.6. The molecule has 1 saturated heterocycles. The quantitative estimate of drug-likeness (QED) is 0.371. The van der Waals surface area contributed by atoms with Crippen molar-refractivity contribution in [3.8, 4) is 11.5 Å². The van der Waals surface area contributed by atoms with Crippen LogP contribution in [0.4, 0.5) is 16.5 Å². The third kappa shape index (κ3) is 6.58. The summed E-state index contributed by atoms with van der Waals surface area (Å²) < 4.78 is 5.78. The number of aryl methyl sites for hydroxylation is 1. The van der Waals surface area contributed by atoms with Gasteiger partial charge in [0, 0.05) is 29.4 Å². The predicted molar refractivity (Wildman–Crippen MR) is 148 cm³/mol. The van der Waals surface area contributed by atoms with Gasteiger partial charge in [-0.2, -0.15) is 0 Å². The first-order valence-electron chi connectivity index (χ1n) is 13.2. The highest BCUT2D eigenvalue weighted by Crippen LogP contribution is 2.31. The number of aromatic nitrogens is 2. The molecule has 38 heavy (non-hydrogen) atoms. The van der Waals surface area contributed by atoms with Crippen LogP contribution in [0.1, 0.15) is 62.4 Å². The second-order valence-electron chi connectivity index (χ2n) is 10.9. The van der Waals surface area contributed by atoms with Crippen LogP contribution in [-0.4, -0.2) is 57.9 Å². The van der Waals surface area contributed by atoms with E-state index in [1.807, 2.05) is 25.1 Å². The Labute approximate surface area is 223 Å². The molecule has 2 amide bonds. The van der Waals surface area contributed by atoms with Crippen LogP contribution in [0, 0.1) is 12.3 Å². The highest BCUT2D eigenvalue weighted by atomic mass is 16.4. The number of hydrogen-bond donors (Lipinski definition) is 2. The molecule has 9 heteroatoms. The van der Waals surface area contributed by atoms with E-state index in [0.29, 0.717) is 23.2 Å². The number of piperidine rings is 1. The number of likely N-dealkylation sites (tertiary alicyclic amines) is 1. The number of hydrogen-bond acceptors (Lipinski definition) is 6. The van der Waals surface area contributed by atoms with Crippen LogP contribution in [0.25, 0.3) is 11.5 Å². The fraction of sp³-hybridized carbons (Fsp3) is 0.448. The highest BCUT2D eigenvalue weighted by molar-refractivity contribution is 6.05. The Kier molecular flexibility index (Phi) is 8.46. The molecule has 0 spiro atoms. The standard InChI is InChI=1S/C29H37N5O4/c1-20-10-6-7-11-23(20)25(35)30-22-14-12-21(13-15-22)26-31-32-27(38-26)34(28(36)37)19-16-24(29(2,3)4)33-17-8-5-9-18-33/h6-7,10-15,24H,5,8-9,16-19H2,1-4H3,(H,30,35)(H,36,37). The molecule has 202 valence electrons. The molecule has 1 atom stereocenters. The number of benzene rings is 2. The lowest BCUT2D eigenvalue weighted by atomic mass is 9.82. The minimum absolute atomic E-state index is 0.0118. The Morgan fingerprint density at radius 2 is 1.74 bits per heavy atom. The van der Waals surface area contributed by atoms with Gasteiger partial charge in [0.2, 0.25) is 5.89 Å². The zero-order chi connectivity index (χ0) is 27.3. The summed E-state index contributed by atoms with van der Waals surface area (Å²) >= 11 is 0. The van der Waals surface area contributed by atoms with Gasteiger partial charge in [-0.25, -0.2) is 9.69 Å². The van der Waals surface area contributed by atoms with E-state index in [1.165, 1.54) is 19.3 Å². The van der Waals surface area contributed by atoms with Gasteiger partial charge in [-0.15, -0.1) is 5.10 Å². The number of nitrogens with zero attached hydrogens (tertiary/aromatic N) is 4. The number of carbonyl (C=O) groups excluding carboxylic acids is 1. The number of carbonyl (C=O) groups is 2. The van der Waals surface area contributed by atoms with Crippen molar-refractivity contribution >= 4 is 23.7 Å². The molecule has 2 N–H and O–H groups in total. The van der Waals surface area contributed by atoms with E-state index in [0.717, 1.165) is 23.6 Å². The average Bonchev–Trinajstić information content (AvgIpc) is 3.36. The highest BCUT2D eigenvalue weighted by Gasteiger charge is 2.33. The maximum Gasteiger partial charge on any atom is 0.415 e. The van der Waals surface area contributed by atoms with E-state index in [4.69, 9.17) is 4.42 Å². The molecule has 4 rings (SSSR count). The Hall–Kier alpha value is -3.72. The van der Waals surface area contributed by atoms with Crippen LogP contribution in [0.15, 0.2) is 52.9 Å². The molecule has 1 unspecified atom stereocenters. The van der Waals surface area contributed by atoms with Crippen molar-refractivity contribution in [1.29, 1.82) is 0 Å². The number of nitrogens with one attached hydrogen (secondary N) is 1. The van der Waals surface area contributed by atoms with Gasteiger partial charge in [-0.05, 0) is 80.6 Å². The summed E-state index contributed by atoms with van der Waals surface area (Å²) in [5.74, 6) is 0.0255. The van der Waals surface area contributed by atoms with Crippen molar-refractivity contribution in [3.63, 3.8) is 0 Å². The predicted octanol–water partition coefficient (Wildman–Crippen LogP) is 6.07. The molecule has 0 radical (unpaired) electrons. The molecule has 2 aromatic carbocycles. The minimum atomic E-state index is -1.12. The van der Waals surface area contributed by atoms with Crippen molar-refractivity contribution in [2.45, 2.75) is 59.4 Å². The summed E-state index contributed by atoms with van der Waals surface area (Å²) in [5.41, 5.74) is 2.77. The summed E-state index contributed by atoms with van der Waals surface area (Å²) in [6.07, 6.45) is 3.15. The summed E-state index contributed by atoms with van der Waals surface area (Å²) in [5, 5.41) is 20.9. The fourth-order valence-corrected chi connectivity index (χ4v) is 5.08. The molecule has 0 aliphatic carbocycles. The SMILES string of the molecule is Cc1ccccc1C(=O)Nc1ccc(-c2nnc(N(CCC(N3CCCCC3)C(C)(C)C)C(=O)O)o2)cc1. The molecular formula is C29H37N5O4. The van der Waals surface area contributed by atoms with E-state index < -0.39 is 6.09 Å². The smallest absolute Gasteiger partial charge is 0.415 e. The molecule has 1 fully saturated rings. The van der Waals surface area contributed by atoms with Gasteiger partial charge >= 0.3 is 12.1 Å². The van der Waals surface area contributed by atoms with E-state index in [9.17, 15) is 14.7 Å². The first-order chi connectivity index (χ1) is 18.1. The van der Waals surface area contributed by atoms with E-state index in [1.54, 1.807) is 30.3 Å². The molecule has 9 nitrogen and oxygen atoms in total. The van der Waals surface area contributed by atoms with Gasteiger partial charge in [0.25, 0.3) is 5.91 Å².